The summed E-state index contributed by atoms with van der Waals surface area (Å²) in [6, 6.07) is 7.39. The van der Waals surface area contributed by atoms with Crippen LogP contribution in [-0.2, 0) is 17.8 Å². The molecule has 0 N–H and O–H groups in total. The van der Waals surface area contributed by atoms with Gasteiger partial charge in [0.15, 0.2) is 0 Å². The van der Waals surface area contributed by atoms with Crippen LogP contribution in [0.1, 0.15) is 42.8 Å². The van der Waals surface area contributed by atoms with Gasteiger partial charge in [0, 0.05) is 6.42 Å². The van der Waals surface area contributed by atoms with Crippen LogP contribution in [0.5, 0.6) is 0 Å². The van der Waals surface area contributed by atoms with E-state index in [9.17, 15) is 14.0 Å². The van der Waals surface area contributed by atoms with E-state index in [2.05, 4.69) is 5.10 Å². The average molecular weight is 358 g/mol. The zero-order valence-electron chi connectivity index (χ0n) is 15.1. The molecule has 1 saturated heterocycles. The molecule has 0 bridgehead atoms. The van der Waals surface area contributed by atoms with Crippen molar-refractivity contribution in [2.45, 2.75) is 51.4 Å². The number of hydrogen-bond acceptors (Lipinski definition) is 3. The van der Waals surface area contributed by atoms with Gasteiger partial charge in [-0.05, 0) is 32.3 Å². The van der Waals surface area contributed by atoms with Gasteiger partial charge in [-0.1, -0.05) is 29.8 Å². The molecule has 1 atom stereocenters. The second-order valence-electron chi connectivity index (χ2n) is 7.73. The maximum atomic E-state index is 13.8. The van der Waals surface area contributed by atoms with Gasteiger partial charge in [-0.2, -0.15) is 5.10 Å². The largest absolute Gasteiger partial charge is 0.346 e. The number of hydrogen-bond donors (Lipinski definition) is 0. The Morgan fingerprint density at radius 2 is 2.00 bits per heavy atom. The van der Waals surface area contributed by atoms with E-state index >= 15 is 0 Å². The summed E-state index contributed by atoms with van der Waals surface area (Å²) in [5, 5.41) is 4.45. The number of aromatic nitrogens is 3. The van der Waals surface area contributed by atoms with Crippen LogP contribution in [0.3, 0.4) is 0 Å². The Morgan fingerprint density at radius 3 is 2.65 bits per heavy atom. The van der Waals surface area contributed by atoms with Gasteiger partial charge in [0.1, 0.15) is 17.5 Å². The molecule has 2 aliphatic heterocycles. The van der Waals surface area contributed by atoms with Gasteiger partial charge >= 0.3 is 5.69 Å². The van der Waals surface area contributed by atoms with Crippen LogP contribution in [0.4, 0.5) is 4.39 Å². The lowest BCUT2D eigenvalue weighted by molar-refractivity contribution is -0.148. The lowest BCUT2D eigenvalue weighted by atomic mass is 9.95. The first-order valence-corrected chi connectivity index (χ1v) is 9.05. The smallest absolute Gasteiger partial charge is 0.334 e. The number of carbonyl (C=O) groups is 1. The fraction of sp³-hybridized carbons (Fsp3) is 0.526. The highest BCUT2D eigenvalue weighted by atomic mass is 19.1. The van der Waals surface area contributed by atoms with Crippen LogP contribution in [0.15, 0.2) is 29.1 Å². The van der Waals surface area contributed by atoms with Crippen molar-refractivity contribution in [3.63, 3.8) is 0 Å². The average Bonchev–Trinajstić information content (AvgIpc) is 2.90. The first-order chi connectivity index (χ1) is 12.3. The summed E-state index contributed by atoms with van der Waals surface area (Å²) in [6.07, 6.45) is 2.08. The van der Waals surface area contributed by atoms with Gasteiger partial charge in [-0.15, -0.1) is 0 Å². The summed E-state index contributed by atoms with van der Waals surface area (Å²) < 4.78 is 16.7. The van der Waals surface area contributed by atoms with E-state index in [0.29, 0.717) is 25.2 Å². The monoisotopic (exact) mass is 358 g/mol. The van der Waals surface area contributed by atoms with E-state index in [1.165, 1.54) is 21.1 Å². The molecule has 0 radical (unpaired) electrons. The topological polar surface area (TPSA) is 60.1 Å². The Labute approximate surface area is 151 Å². The molecule has 0 aliphatic carbocycles. The van der Waals surface area contributed by atoms with Gasteiger partial charge in [0.2, 0.25) is 5.91 Å². The third-order valence-corrected chi connectivity index (χ3v) is 5.22. The van der Waals surface area contributed by atoms with Gasteiger partial charge < -0.3 is 4.90 Å². The van der Waals surface area contributed by atoms with Crippen molar-refractivity contribution in [2.75, 3.05) is 13.1 Å². The molecule has 1 fully saturated rings. The van der Waals surface area contributed by atoms with E-state index < -0.39 is 11.7 Å². The Balaban J connectivity index is 1.60. The van der Waals surface area contributed by atoms with Crippen LogP contribution in [-0.4, -0.2) is 43.9 Å². The Kier molecular flexibility index (Phi) is 3.97. The van der Waals surface area contributed by atoms with E-state index in [1.54, 1.807) is 0 Å². The molecular weight excluding hydrogens is 335 g/mol. The van der Waals surface area contributed by atoms with Crippen LogP contribution in [0.25, 0.3) is 0 Å². The van der Waals surface area contributed by atoms with Gasteiger partial charge in [-0.25, -0.2) is 13.9 Å². The molecule has 7 heteroatoms. The molecule has 26 heavy (non-hydrogen) atoms. The molecule has 0 unspecified atom stereocenters. The van der Waals surface area contributed by atoms with E-state index in [-0.39, 0.29) is 24.7 Å². The minimum Gasteiger partial charge on any atom is -0.334 e. The highest BCUT2D eigenvalue weighted by Crippen LogP contribution is 2.30. The second-order valence-corrected chi connectivity index (χ2v) is 7.73. The zero-order chi connectivity index (χ0) is 18.5. The molecule has 4 rings (SSSR count). The summed E-state index contributed by atoms with van der Waals surface area (Å²) in [6.45, 7) is 4.09. The van der Waals surface area contributed by atoms with Crippen LogP contribution in [0, 0.1) is 6.92 Å². The predicted octanol–water partition coefficient (Wildman–Crippen LogP) is 1.85. The van der Waals surface area contributed by atoms with Crippen molar-refractivity contribution in [3.05, 3.63) is 51.7 Å². The van der Waals surface area contributed by atoms with Gasteiger partial charge in [0.05, 0.1) is 19.6 Å². The number of aryl methyl sites for hydroxylation is 2. The maximum Gasteiger partial charge on any atom is 0.346 e. The highest BCUT2D eigenvalue weighted by Gasteiger charge is 2.44. The number of benzene rings is 1. The van der Waals surface area contributed by atoms with Gasteiger partial charge in [-0.3, -0.25) is 9.36 Å². The summed E-state index contributed by atoms with van der Waals surface area (Å²) >= 11 is 0. The van der Waals surface area contributed by atoms with Crippen LogP contribution in [0.2, 0.25) is 0 Å². The van der Waals surface area contributed by atoms with E-state index in [0.717, 1.165) is 17.5 Å². The molecule has 1 aromatic heterocycles. The van der Waals surface area contributed by atoms with E-state index in [1.807, 2.05) is 31.2 Å². The third kappa shape index (κ3) is 2.95. The van der Waals surface area contributed by atoms with Gasteiger partial charge in [0.25, 0.3) is 0 Å². The number of likely N-dealkylation sites (tertiary alicyclic amines) is 1. The number of carbonyl (C=O) groups excluding carboxylic acids is 1. The Hall–Kier alpha value is -2.44. The summed E-state index contributed by atoms with van der Waals surface area (Å²) in [4.78, 5) is 27.1. The van der Waals surface area contributed by atoms with E-state index in [4.69, 9.17) is 0 Å². The minimum atomic E-state index is -1.31. The molecule has 6 nitrogen and oxygen atoms in total. The van der Waals surface area contributed by atoms with Crippen molar-refractivity contribution >= 4 is 5.91 Å². The predicted molar refractivity (Wildman–Crippen MR) is 94.8 cm³/mol. The molecular formula is C19H23FN4O2. The van der Waals surface area contributed by atoms with Crippen molar-refractivity contribution in [1.82, 2.24) is 19.2 Å². The number of alkyl halides is 1. The lowest BCUT2D eigenvalue weighted by Gasteiger charge is -2.44. The Bertz CT molecular complexity index is 889. The molecule has 138 valence electrons. The molecule has 1 amide bonds. The maximum absolute atomic E-state index is 13.8. The molecule has 1 aromatic carbocycles. The zero-order valence-corrected chi connectivity index (χ0v) is 15.1. The normalized spacial score (nSPS) is 21.2. The standard InChI is InChI=1S/C19H23FN4O2/c1-13-6-8-14(9-7-13)10-23-18(26)24-15(4-3-5-16(24)21-23)17(25)22-11-19(2,20)12-22/h6-9,15H,3-5,10-12H2,1-2H3/t15-/m0/s1. The molecule has 3 heterocycles. The number of amides is 1. The molecule has 0 spiro atoms. The SMILES string of the molecule is Cc1ccc(Cn2nc3n(c2=O)[C@H](C(=O)N2CC(C)(F)C2)CCC3)cc1. The molecule has 2 aliphatic rings. The van der Waals surface area contributed by atoms with Crippen molar-refractivity contribution in [1.29, 1.82) is 0 Å². The fourth-order valence-corrected chi connectivity index (χ4v) is 3.85. The molecule has 2 aromatic rings. The minimum absolute atomic E-state index is 0.101. The van der Waals surface area contributed by atoms with Crippen LogP contribution >= 0.6 is 0 Å². The summed E-state index contributed by atoms with van der Waals surface area (Å²) in [5.74, 6) is 0.480. The number of nitrogens with zero attached hydrogens (tertiary/aromatic N) is 4. The quantitative estimate of drug-likeness (QED) is 0.841. The van der Waals surface area contributed by atoms with Crippen LogP contribution < -0.4 is 5.69 Å². The molecule has 0 saturated carbocycles. The van der Waals surface area contributed by atoms with Crippen molar-refractivity contribution in [2.24, 2.45) is 0 Å². The summed E-state index contributed by atoms with van der Waals surface area (Å²) in [7, 11) is 0. The first-order valence-electron chi connectivity index (χ1n) is 9.05. The number of fused-ring (bicyclic) bond motifs is 1. The first kappa shape index (κ1) is 17.0. The lowest BCUT2D eigenvalue weighted by Crippen LogP contribution is -2.61. The fourth-order valence-electron chi connectivity index (χ4n) is 3.85. The third-order valence-electron chi connectivity index (χ3n) is 5.22. The summed E-state index contributed by atoms with van der Waals surface area (Å²) in [5.41, 5.74) is 0.577. The van der Waals surface area contributed by atoms with Crippen molar-refractivity contribution < 1.29 is 9.18 Å². The van der Waals surface area contributed by atoms with Crippen molar-refractivity contribution in [3.8, 4) is 0 Å². The highest BCUT2D eigenvalue weighted by molar-refractivity contribution is 5.81. The Morgan fingerprint density at radius 1 is 1.31 bits per heavy atom. The number of halogens is 1. The number of rotatable bonds is 3. The second kappa shape index (κ2) is 6.07.